The van der Waals surface area contributed by atoms with Crippen LogP contribution in [0.3, 0.4) is 0 Å². The van der Waals surface area contributed by atoms with Crippen molar-refractivity contribution in [3.05, 3.63) is 59.9 Å². The van der Waals surface area contributed by atoms with Crippen molar-refractivity contribution >= 4 is 99.0 Å². The second-order valence-electron chi connectivity index (χ2n) is 17.2. The van der Waals surface area contributed by atoms with Crippen molar-refractivity contribution in [1.82, 2.24) is 50.4 Å². The largest absolute Gasteiger partial charge is 0.378 e. The lowest BCUT2D eigenvalue weighted by Gasteiger charge is -2.37. The number of hydrogen-bond acceptors (Lipinski definition) is 21. The maximum atomic E-state index is 15.5. The van der Waals surface area contributed by atoms with Crippen molar-refractivity contribution in [2.75, 3.05) is 70.8 Å². The number of Topliss-reactive ketones (excluding diaryl/α,β-unsaturated/α-hetero) is 2. The molecule has 29 heteroatoms. The first kappa shape index (κ1) is 49.2. The molecule has 0 unspecified atom stereocenters. The van der Waals surface area contributed by atoms with Crippen LogP contribution in [-0.4, -0.2) is 131 Å². The van der Waals surface area contributed by atoms with Crippen LogP contribution in [0.4, 0.5) is 42.6 Å². The highest BCUT2D eigenvalue weighted by atomic mass is 32.2. The highest BCUT2D eigenvalue weighted by Crippen LogP contribution is 2.40. The summed E-state index contributed by atoms with van der Waals surface area (Å²) in [5.41, 5.74) is 1.25. The Morgan fingerprint density at radius 3 is 1.55 bits per heavy atom. The van der Waals surface area contributed by atoms with E-state index in [2.05, 4.69) is 51.7 Å². The molecule has 4 aromatic heterocycles. The zero-order chi connectivity index (χ0) is 50.2. The number of anilines is 6. The molecule has 2 N–H and O–H groups in total. The number of rotatable bonds is 14. The summed E-state index contributed by atoms with van der Waals surface area (Å²) in [5.74, 6) is -1.44. The normalized spacial score (nSPS) is 15.7. The van der Waals surface area contributed by atoms with Crippen LogP contribution in [0.1, 0.15) is 72.1 Å². The summed E-state index contributed by atoms with van der Waals surface area (Å²) in [5, 5.41) is 27.1. The monoisotopic (exact) mass is 1050 g/mol. The average molecular weight is 1050 g/mol. The molecule has 2 aromatic carbocycles. The molecule has 0 bridgehead atoms. The van der Waals surface area contributed by atoms with Crippen molar-refractivity contribution in [2.24, 2.45) is 25.9 Å². The fourth-order valence-corrected chi connectivity index (χ4v) is 13.5. The molecule has 374 valence electrons. The number of ether oxygens (including phenoxy) is 1. The first-order valence-electron chi connectivity index (χ1n) is 22.5. The number of amides is 4. The molecule has 0 spiro atoms. The van der Waals surface area contributed by atoms with Crippen LogP contribution in [-0.2, 0) is 38.5 Å². The standard InChI is InChI=1S/C42H48N16O9S4/c1-53(2)27-13-15-31(29(21-27)35(59)25-9-5-6-10-25)57(39(61)45-37-43-23-33(68-37)70(63,64)41-47-49-51-54(41)3)58(40(62)46-38-44-24-34(69-38)71(65,66)42-48-50-52-55(42)4)32-16-14-28(56-17-19-67-20-18-56)22-30(32)36(60)26-11-7-8-12-26/h13-16,21-26H,5-12,17-20H2,1-4H3,(H,43,45,61)(H,44,46,62). The zero-order valence-corrected chi connectivity index (χ0v) is 42.1. The van der Waals surface area contributed by atoms with Gasteiger partial charge in [0.1, 0.15) is 8.42 Å². The third-order valence-electron chi connectivity index (χ3n) is 12.4. The van der Waals surface area contributed by atoms with Gasteiger partial charge in [-0.2, -0.15) is 10.0 Å². The van der Waals surface area contributed by atoms with Crippen LogP contribution in [0.15, 0.2) is 67.5 Å². The van der Waals surface area contributed by atoms with Gasteiger partial charge in [0, 0.05) is 75.6 Å². The molecule has 9 rings (SSSR count). The number of carbonyl (C=O) groups excluding carboxylic acids is 4. The van der Waals surface area contributed by atoms with Gasteiger partial charge in [-0.1, -0.05) is 58.6 Å². The van der Waals surface area contributed by atoms with E-state index in [9.17, 15) is 26.4 Å². The van der Waals surface area contributed by atoms with Crippen LogP contribution < -0.4 is 30.5 Å². The summed E-state index contributed by atoms with van der Waals surface area (Å²) in [6.45, 7) is 1.90. The minimum absolute atomic E-state index is 0.0711. The average Bonchev–Trinajstić information content (AvgIpc) is 4.22. The maximum absolute atomic E-state index is 15.5. The molecular formula is C42H48N16O9S4. The number of morpholine rings is 1. The molecule has 25 nitrogen and oxygen atoms in total. The molecule has 1 saturated heterocycles. The second kappa shape index (κ2) is 20.1. The van der Waals surface area contributed by atoms with Crippen LogP contribution in [0.2, 0.25) is 0 Å². The van der Waals surface area contributed by atoms with E-state index in [1.165, 1.54) is 20.2 Å². The number of ketones is 2. The van der Waals surface area contributed by atoms with Crippen LogP contribution in [0.5, 0.6) is 0 Å². The Morgan fingerprint density at radius 2 is 1.11 bits per heavy atom. The molecule has 2 saturated carbocycles. The quantitative estimate of drug-likeness (QED) is 0.111. The van der Waals surface area contributed by atoms with E-state index in [0.29, 0.717) is 86.0 Å². The number of nitrogens with zero attached hydrogens (tertiary/aromatic N) is 14. The third kappa shape index (κ3) is 9.82. The van der Waals surface area contributed by atoms with E-state index in [1.54, 1.807) is 49.3 Å². The van der Waals surface area contributed by atoms with Crippen molar-refractivity contribution in [1.29, 1.82) is 0 Å². The van der Waals surface area contributed by atoms with E-state index >= 15 is 9.59 Å². The van der Waals surface area contributed by atoms with Crippen molar-refractivity contribution < 1.29 is 40.8 Å². The number of urea groups is 2. The number of carbonyl (C=O) groups is 4. The predicted octanol–water partition coefficient (Wildman–Crippen LogP) is 4.65. The van der Waals surface area contributed by atoms with E-state index in [-0.39, 0.29) is 52.7 Å². The lowest BCUT2D eigenvalue weighted by atomic mass is 9.93. The van der Waals surface area contributed by atoms with Crippen molar-refractivity contribution in [2.45, 2.75) is 70.1 Å². The van der Waals surface area contributed by atoms with E-state index in [1.807, 2.05) is 4.90 Å². The molecule has 6 aromatic rings. The summed E-state index contributed by atoms with van der Waals surface area (Å²) >= 11 is 1.16. The van der Waals surface area contributed by atoms with Gasteiger partial charge in [-0.3, -0.25) is 20.2 Å². The van der Waals surface area contributed by atoms with Gasteiger partial charge in [0.15, 0.2) is 21.8 Å². The first-order chi connectivity index (χ1) is 34.0. The summed E-state index contributed by atoms with van der Waals surface area (Å²) in [7, 11) is -2.41. The molecule has 3 fully saturated rings. The van der Waals surface area contributed by atoms with Crippen LogP contribution in [0, 0.1) is 11.8 Å². The SMILES string of the molecule is CN(C)c1ccc(N(C(=O)Nc2ncc(S(=O)(=O)c3nnnn3C)s2)N(C(=O)Nc2ncc(S(=O)(=O)c3nnnn3C)s2)c2ccc(N3CCOCC3)cc2C(=O)C2CCCC2)c(C(=O)C2CCCC2)c1. The number of thiazole rings is 2. The number of sulfone groups is 2. The van der Waals surface area contributed by atoms with E-state index in [0.717, 1.165) is 57.5 Å². The Labute approximate surface area is 415 Å². The van der Waals surface area contributed by atoms with E-state index < -0.39 is 53.9 Å². The topological polar surface area (TPSA) is 296 Å². The molecule has 3 aliphatic rings. The minimum atomic E-state index is -4.34. The second-order valence-corrected chi connectivity index (χ2v) is 23.4. The Bertz CT molecular complexity index is 3220. The zero-order valence-electron chi connectivity index (χ0n) is 38.8. The Morgan fingerprint density at radius 1 is 0.662 bits per heavy atom. The van der Waals surface area contributed by atoms with Crippen molar-refractivity contribution in [3.8, 4) is 0 Å². The number of aromatic nitrogens is 10. The van der Waals surface area contributed by atoms with Gasteiger partial charge in [-0.15, -0.1) is 0 Å². The molecule has 2 aliphatic carbocycles. The Hall–Kier alpha value is -6.82. The maximum Gasteiger partial charge on any atom is 0.347 e. The summed E-state index contributed by atoms with van der Waals surface area (Å²) < 4.78 is 61.5. The molecule has 0 radical (unpaired) electrons. The van der Waals surface area contributed by atoms with Crippen LogP contribution in [0.25, 0.3) is 0 Å². The van der Waals surface area contributed by atoms with Gasteiger partial charge in [0.05, 0.1) is 37.0 Å². The third-order valence-corrected chi connectivity index (χ3v) is 18.6. The first-order valence-corrected chi connectivity index (χ1v) is 27.1. The minimum Gasteiger partial charge on any atom is -0.378 e. The number of nitrogens with one attached hydrogen (secondary N) is 2. The fraction of sp³-hybridized carbons (Fsp3) is 0.429. The predicted molar refractivity (Wildman–Crippen MR) is 259 cm³/mol. The van der Waals surface area contributed by atoms with E-state index in [4.69, 9.17) is 4.74 Å². The summed E-state index contributed by atoms with van der Waals surface area (Å²) in [6, 6.07) is 7.52. The highest BCUT2D eigenvalue weighted by molar-refractivity contribution is 7.93. The van der Waals surface area contributed by atoms with Gasteiger partial charge in [-0.05, 0) is 82.9 Å². The summed E-state index contributed by atoms with van der Waals surface area (Å²) in [4.78, 5) is 73.2. The number of tetrazole rings is 2. The number of benzene rings is 2. The van der Waals surface area contributed by atoms with Gasteiger partial charge in [0.2, 0.25) is 0 Å². The molecular weight excluding hydrogens is 1000 g/mol. The lowest BCUT2D eigenvalue weighted by Crippen LogP contribution is -2.55. The smallest absolute Gasteiger partial charge is 0.347 e. The Kier molecular flexibility index (Phi) is 13.9. The molecule has 4 amide bonds. The van der Waals surface area contributed by atoms with Crippen molar-refractivity contribution in [3.63, 3.8) is 0 Å². The molecule has 5 heterocycles. The Balaban J connectivity index is 1.23. The van der Waals surface area contributed by atoms with Gasteiger partial charge in [-0.25, -0.2) is 45.8 Å². The molecule has 0 atom stereocenters. The van der Waals surface area contributed by atoms with Gasteiger partial charge >= 0.3 is 12.1 Å². The molecule has 1 aliphatic heterocycles. The number of aryl methyl sites for hydroxylation is 2. The van der Waals surface area contributed by atoms with Crippen LogP contribution >= 0.6 is 22.7 Å². The van der Waals surface area contributed by atoms with Gasteiger partial charge < -0.3 is 14.5 Å². The molecule has 71 heavy (non-hydrogen) atoms. The highest BCUT2D eigenvalue weighted by Gasteiger charge is 2.40. The fourth-order valence-electron chi connectivity index (χ4n) is 8.79. The number of hydrogen-bond donors (Lipinski definition) is 2. The lowest BCUT2D eigenvalue weighted by molar-refractivity contribution is 0.0915. The summed E-state index contributed by atoms with van der Waals surface area (Å²) in [6.07, 6.45) is 7.59. The number of hydrazine groups is 1. The van der Waals surface area contributed by atoms with Gasteiger partial charge in [0.25, 0.3) is 30.0 Å².